The van der Waals surface area contributed by atoms with E-state index in [1.165, 1.54) is 24.3 Å². The highest BCUT2D eigenvalue weighted by Gasteiger charge is 2.46. The van der Waals surface area contributed by atoms with Gasteiger partial charge in [0.2, 0.25) is 0 Å². The van der Waals surface area contributed by atoms with Gasteiger partial charge < -0.3 is 14.8 Å². The molecule has 0 unspecified atom stereocenters. The number of rotatable bonds is 8. The van der Waals surface area contributed by atoms with Gasteiger partial charge in [-0.2, -0.15) is 0 Å². The van der Waals surface area contributed by atoms with E-state index in [1.807, 2.05) is 0 Å². The monoisotopic (exact) mass is 478 g/mol. The van der Waals surface area contributed by atoms with Crippen molar-refractivity contribution in [1.82, 2.24) is 5.32 Å². The maximum atomic E-state index is 13.3. The number of para-hydroxylation sites is 1. The van der Waals surface area contributed by atoms with Gasteiger partial charge in [-0.15, -0.1) is 0 Å². The number of carbonyl (C=O) groups is 3. The highest BCUT2D eigenvalue weighted by atomic mass is 16.6. The molecule has 2 aromatic rings. The molecule has 1 aliphatic rings. The molecule has 0 aromatic heterocycles. The standard InChI is InChI=1S/C26H26N2O7/c1-4-34-25(30)22-16(3)27-19(15-21(29)17-11-7-6-8-12-17)24(26(31)35-5-2)23(22)18-13-9-10-14-20(18)28(32)33/h6-15,23-24,27H,4-5H2,1-3H3/b19-15-/t23-,24-/m1/s1. The van der Waals surface area contributed by atoms with Gasteiger partial charge in [0.15, 0.2) is 5.78 Å². The molecule has 9 nitrogen and oxygen atoms in total. The van der Waals surface area contributed by atoms with E-state index in [4.69, 9.17) is 9.47 Å². The van der Waals surface area contributed by atoms with E-state index in [0.717, 1.165) is 0 Å². The predicted octanol–water partition coefficient (Wildman–Crippen LogP) is 4.06. The van der Waals surface area contributed by atoms with Crippen molar-refractivity contribution in [3.63, 3.8) is 0 Å². The molecule has 0 saturated heterocycles. The summed E-state index contributed by atoms with van der Waals surface area (Å²) >= 11 is 0. The van der Waals surface area contributed by atoms with Crippen molar-refractivity contribution in [3.05, 3.63) is 98.9 Å². The first kappa shape index (κ1) is 25.4. The van der Waals surface area contributed by atoms with E-state index in [1.54, 1.807) is 57.2 Å². The number of ether oxygens (including phenoxy) is 2. The summed E-state index contributed by atoms with van der Waals surface area (Å²) in [5, 5.41) is 14.9. The maximum Gasteiger partial charge on any atom is 0.336 e. The Bertz CT molecular complexity index is 1200. The normalized spacial score (nSPS) is 18.5. The quantitative estimate of drug-likeness (QED) is 0.198. The highest BCUT2D eigenvalue weighted by molar-refractivity contribution is 6.05. The van der Waals surface area contributed by atoms with Crippen LogP contribution in [-0.2, 0) is 19.1 Å². The van der Waals surface area contributed by atoms with Gasteiger partial charge in [0.1, 0.15) is 5.92 Å². The molecule has 182 valence electrons. The third kappa shape index (κ3) is 5.46. The number of benzene rings is 2. The molecule has 1 aliphatic heterocycles. The number of carbonyl (C=O) groups excluding carboxylic acids is 3. The molecule has 2 atom stereocenters. The molecule has 3 rings (SSSR count). The second kappa shape index (κ2) is 11.2. The number of nitro groups is 1. The molecular weight excluding hydrogens is 452 g/mol. The molecule has 0 amide bonds. The van der Waals surface area contributed by atoms with Crippen LogP contribution in [0.1, 0.15) is 42.6 Å². The average molecular weight is 479 g/mol. The van der Waals surface area contributed by atoms with Crippen molar-refractivity contribution < 1.29 is 28.8 Å². The Morgan fingerprint density at radius 3 is 2.26 bits per heavy atom. The molecule has 2 aromatic carbocycles. The average Bonchev–Trinajstić information content (AvgIpc) is 2.84. The van der Waals surface area contributed by atoms with Crippen molar-refractivity contribution in [2.45, 2.75) is 26.7 Å². The number of esters is 2. The molecule has 0 bridgehead atoms. The molecule has 9 heteroatoms. The van der Waals surface area contributed by atoms with Crippen molar-refractivity contribution in [2.75, 3.05) is 13.2 Å². The lowest BCUT2D eigenvalue weighted by molar-refractivity contribution is -0.385. The van der Waals surface area contributed by atoms with Crippen LogP contribution in [0.15, 0.2) is 77.6 Å². The summed E-state index contributed by atoms with van der Waals surface area (Å²) < 4.78 is 10.5. The van der Waals surface area contributed by atoms with Crippen LogP contribution >= 0.6 is 0 Å². The Labute approximate surface area is 202 Å². The zero-order chi connectivity index (χ0) is 25.5. The summed E-state index contributed by atoms with van der Waals surface area (Å²) in [5.74, 6) is -4.18. The second-order valence-corrected chi connectivity index (χ2v) is 7.74. The molecule has 1 heterocycles. The highest BCUT2D eigenvalue weighted by Crippen LogP contribution is 2.44. The number of nitro benzene ring substituents is 1. The van der Waals surface area contributed by atoms with E-state index >= 15 is 0 Å². The van der Waals surface area contributed by atoms with Crippen LogP contribution in [0.4, 0.5) is 5.69 Å². The van der Waals surface area contributed by atoms with E-state index in [-0.39, 0.29) is 41.5 Å². The predicted molar refractivity (Wildman–Crippen MR) is 127 cm³/mol. The first-order chi connectivity index (χ1) is 16.8. The first-order valence-corrected chi connectivity index (χ1v) is 11.2. The minimum absolute atomic E-state index is 0.0380. The van der Waals surface area contributed by atoms with Crippen LogP contribution < -0.4 is 5.32 Å². The molecule has 0 fully saturated rings. The van der Waals surface area contributed by atoms with Gasteiger partial charge in [0.25, 0.3) is 5.69 Å². The first-order valence-electron chi connectivity index (χ1n) is 11.2. The van der Waals surface area contributed by atoms with Crippen LogP contribution in [0.5, 0.6) is 0 Å². The molecule has 1 N–H and O–H groups in total. The van der Waals surface area contributed by atoms with Crippen LogP contribution in [0.25, 0.3) is 0 Å². The molecule has 0 saturated carbocycles. The second-order valence-electron chi connectivity index (χ2n) is 7.74. The Kier molecular flexibility index (Phi) is 8.14. The maximum absolute atomic E-state index is 13.3. The number of nitrogens with one attached hydrogen (secondary N) is 1. The van der Waals surface area contributed by atoms with Crippen molar-refractivity contribution in [2.24, 2.45) is 5.92 Å². The third-order valence-corrected chi connectivity index (χ3v) is 5.56. The van der Waals surface area contributed by atoms with E-state index in [9.17, 15) is 24.5 Å². The van der Waals surface area contributed by atoms with Gasteiger partial charge in [-0.25, -0.2) is 4.79 Å². The summed E-state index contributed by atoms with van der Waals surface area (Å²) in [4.78, 5) is 50.6. The number of nitrogens with zero attached hydrogens (tertiary/aromatic N) is 1. The number of hydrogen-bond donors (Lipinski definition) is 1. The van der Waals surface area contributed by atoms with Crippen molar-refractivity contribution in [1.29, 1.82) is 0 Å². The summed E-state index contributed by atoms with van der Waals surface area (Å²) in [5.41, 5.74) is 0.813. The number of allylic oxidation sites excluding steroid dienone is 2. The summed E-state index contributed by atoms with van der Waals surface area (Å²) in [7, 11) is 0. The zero-order valence-corrected chi connectivity index (χ0v) is 19.6. The minimum atomic E-state index is -1.23. The smallest absolute Gasteiger partial charge is 0.336 e. The molecule has 0 radical (unpaired) electrons. The van der Waals surface area contributed by atoms with Crippen LogP contribution in [0, 0.1) is 16.0 Å². The van der Waals surface area contributed by atoms with Crippen LogP contribution in [0.2, 0.25) is 0 Å². The van der Waals surface area contributed by atoms with E-state index in [2.05, 4.69) is 5.32 Å². The van der Waals surface area contributed by atoms with Crippen molar-refractivity contribution in [3.8, 4) is 0 Å². The summed E-state index contributed by atoms with van der Waals surface area (Å²) in [6, 6.07) is 14.3. The fourth-order valence-corrected chi connectivity index (χ4v) is 4.13. The Balaban J connectivity index is 2.28. The lowest BCUT2D eigenvalue weighted by Gasteiger charge is -2.35. The Morgan fingerprint density at radius 2 is 1.63 bits per heavy atom. The van der Waals surface area contributed by atoms with Gasteiger partial charge in [-0.1, -0.05) is 48.5 Å². The van der Waals surface area contributed by atoms with Gasteiger partial charge in [0.05, 0.1) is 23.7 Å². The van der Waals surface area contributed by atoms with Gasteiger partial charge in [-0.05, 0) is 20.8 Å². The fraction of sp³-hybridized carbons (Fsp3) is 0.269. The van der Waals surface area contributed by atoms with E-state index < -0.39 is 28.7 Å². The molecule has 0 spiro atoms. The topological polar surface area (TPSA) is 125 Å². The van der Waals surface area contributed by atoms with E-state index in [0.29, 0.717) is 11.3 Å². The Morgan fingerprint density at radius 1 is 1.00 bits per heavy atom. The SMILES string of the molecule is CCOC(=O)C1=C(C)N/C(=C\C(=O)c2ccccc2)[C@@H](C(=O)OCC)[C@@H]1c1ccccc1[N+](=O)[O-]. The zero-order valence-electron chi connectivity index (χ0n) is 19.6. The van der Waals surface area contributed by atoms with Gasteiger partial charge in [-0.3, -0.25) is 19.7 Å². The van der Waals surface area contributed by atoms with Crippen LogP contribution in [-0.4, -0.2) is 35.9 Å². The minimum Gasteiger partial charge on any atom is -0.465 e. The fourth-order valence-electron chi connectivity index (χ4n) is 4.13. The molecular formula is C26H26N2O7. The van der Waals surface area contributed by atoms with Crippen molar-refractivity contribution >= 4 is 23.4 Å². The third-order valence-electron chi connectivity index (χ3n) is 5.56. The molecule has 0 aliphatic carbocycles. The summed E-state index contributed by atoms with van der Waals surface area (Å²) in [6.45, 7) is 4.96. The van der Waals surface area contributed by atoms with Crippen LogP contribution in [0.3, 0.4) is 0 Å². The summed E-state index contributed by atoms with van der Waals surface area (Å²) in [6.07, 6.45) is 1.27. The lowest BCUT2D eigenvalue weighted by Crippen LogP contribution is -2.40. The van der Waals surface area contributed by atoms with Gasteiger partial charge >= 0.3 is 11.9 Å². The number of hydrogen-bond acceptors (Lipinski definition) is 8. The number of ketones is 1. The molecule has 35 heavy (non-hydrogen) atoms. The largest absolute Gasteiger partial charge is 0.465 e. The Hall–Kier alpha value is -4.27. The van der Waals surface area contributed by atoms with Gasteiger partial charge in [0, 0.05) is 40.6 Å². The lowest BCUT2D eigenvalue weighted by atomic mass is 9.74.